The van der Waals surface area contributed by atoms with E-state index in [1.807, 2.05) is 38.1 Å². The number of likely N-dealkylation sites (tertiary alicyclic amines) is 1. The van der Waals surface area contributed by atoms with E-state index in [-0.39, 0.29) is 29.7 Å². The van der Waals surface area contributed by atoms with Crippen molar-refractivity contribution in [1.29, 1.82) is 0 Å². The van der Waals surface area contributed by atoms with E-state index in [0.717, 1.165) is 26.1 Å². The summed E-state index contributed by atoms with van der Waals surface area (Å²) in [5.41, 5.74) is 1.56. The molecule has 12 heteroatoms. The first-order valence-electron chi connectivity index (χ1n) is 16.5. The molecule has 4 aliphatic rings. The highest BCUT2D eigenvalue weighted by atomic mass is 35.5. The number of halogens is 1. The normalized spacial score (nSPS) is 27.9. The molecule has 6 unspecified atom stereocenters. The number of imide groups is 2. The van der Waals surface area contributed by atoms with Crippen LogP contribution in [0, 0.1) is 36.0 Å². The molecule has 49 heavy (non-hydrogen) atoms. The van der Waals surface area contributed by atoms with E-state index in [2.05, 4.69) is 0 Å². The topological polar surface area (TPSA) is 122 Å². The summed E-state index contributed by atoms with van der Waals surface area (Å²) in [5.74, 6) is -4.02. The molecular weight excluding hydrogens is 664 g/mol. The average Bonchev–Trinajstić information content (AvgIpc) is 3.73. The molecule has 1 N–H and O–H groups in total. The fourth-order valence-corrected chi connectivity index (χ4v) is 10.3. The number of ether oxygens (including phenoxy) is 1. The molecule has 4 aromatic rings. The minimum absolute atomic E-state index is 0.106. The minimum atomic E-state index is -1.32. The number of hydrogen-bond acceptors (Lipinski definition) is 8. The molecule has 8 rings (SSSR count). The van der Waals surface area contributed by atoms with Crippen molar-refractivity contribution < 1.29 is 29.0 Å². The number of phenolic OH excluding ortho intramolecular Hbond substituents is 1. The van der Waals surface area contributed by atoms with Gasteiger partial charge in [0.1, 0.15) is 11.5 Å². The van der Waals surface area contributed by atoms with Gasteiger partial charge in [0.25, 0.3) is 0 Å². The molecule has 4 amide bonds. The summed E-state index contributed by atoms with van der Waals surface area (Å²) in [6.07, 6.45) is 2.53. The number of hydrogen-bond donors (Lipinski definition) is 1. The first kappa shape index (κ1) is 31.8. The number of aromatic hydroxyl groups is 1. The van der Waals surface area contributed by atoms with Crippen LogP contribution in [0.15, 0.2) is 54.1 Å². The highest BCUT2D eigenvalue weighted by Gasteiger charge is 2.68. The van der Waals surface area contributed by atoms with Gasteiger partial charge < -0.3 is 9.84 Å². The van der Waals surface area contributed by atoms with Gasteiger partial charge in [-0.25, -0.2) is 4.90 Å². The van der Waals surface area contributed by atoms with E-state index >= 15 is 0 Å². The quantitative estimate of drug-likeness (QED) is 0.194. The largest absolute Gasteiger partial charge is 0.504 e. The fraction of sp³-hybridized carbons (Fsp3) is 0.378. The summed E-state index contributed by atoms with van der Waals surface area (Å²) in [4.78, 5) is 59.7. The van der Waals surface area contributed by atoms with Gasteiger partial charge in [0.15, 0.2) is 11.5 Å². The van der Waals surface area contributed by atoms with Crippen LogP contribution in [0.1, 0.15) is 43.7 Å². The van der Waals surface area contributed by atoms with Gasteiger partial charge in [-0.05, 0) is 74.7 Å². The van der Waals surface area contributed by atoms with Crippen LogP contribution >= 0.6 is 22.9 Å². The average molecular weight is 699 g/mol. The lowest BCUT2D eigenvalue weighted by Gasteiger charge is -2.49. The summed E-state index contributed by atoms with van der Waals surface area (Å²) in [6.45, 7) is 5.93. The third-order valence-electron chi connectivity index (χ3n) is 11.4. The third-order valence-corrected chi connectivity index (χ3v) is 12.9. The number of para-hydroxylation sites is 1. The Balaban J connectivity index is 1.27. The number of allylic oxidation sites excluding steroid dienone is 2. The Labute approximate surface area is 291 Å². The van der Waals surface area contributed by atoms with Crippen LogP contribution in [0.4, 0.5) is 5.82 Å². The Kier molecular flexibility index (Phi) is 7.14. The summed E-state index contributed by atoms with van der Waals surface area (Å²) >= 11 is 7.86. The van der Waals surface area contributed by atoms with Crippen molar-refractivity contribution in [2.75, 3.05) is 18.6 Å². The number of phenols is 1. The van der Waals surface area contributed by atoms with Crippen molar-refractivity contribution in [1.82, 2.24) is 14.7 Å². The van der Waals surface area contributed by atoms with Crippen molar-refractivity contribution in [3.05, 3.63) is 70.3 Å². The zero-order valence-electron chi connectivity index (χ0n) is 27.7. The molecule has 6 atom stereocenters. The van der Waals surface area contributed by atoms with E-state index < -0.39 is 46.8 Å². The number of aryl methyl sites for hydroxylation is 2. The summed E-state index contributed by atoms with van der Waals surface area (Å²) < 4.78 is 8.35. The number of amides is 4. The van der Waals surface area contributed by atoms with E-state index in [1.54, 1.807) is 54.3 Å². The first-order chi connectivity index (χ1) is 23.4. The molecule has 1 saturated carbocycles. The molecule has 0 radical (unpaired) electrons. The fourth-order valence-electron chi connectivity index (χ4n) is 8.99. The number of carbonyl (C=O) groups is 4. The van der Waals surface area contributed by atoms with Crippen molar-refractivity contribution >= 4 is 62.5 Å². The summed E-state index contributed by atoms with van der Waals surface area (Å²) in [6, 6.07) is 12.7. The van der Waals surface area contributed by atoms with E-state index in [0.29, 0.717) is 35.1 Å². The zero-order valence-corrected chi connectivity index (χ0v) is 29.3. The van der Waals surface area contributed by atoms with Crippen molar-refractivity contribution in [2.24, 2.45) is 36.1 Å². The predicted molar refractivity (Wildman–Crippen MR) is 185 cm³/mol. The Morgan fingerprint density at radius 1 is 1.06 bits per heavy atom. The van der Waals surface area contributed by atoms with Crippen LogP contribution in [0.5, 0.6) is 11.5 Å². The Bertz CT molecular complexity index is 2170. The molecule has 0 bridgehead atoms. The van der Waals surface area contributed by atoms with E-state index in [1.165, 1.54) is 16.8 Å². The lowest BCUT2D eigenvalue weighted by Crippen LogP contribution is -2.48. The number of rotatable bonds is 5. The molecule has 2 saturated heterocycles. The SMILES string of the molecule is CCOc1cccc(C2C3=CCC4C(=O)N(C)C(=O)C4C3CC3C(=O)N(c4cc(-c5sc6ccc(Cl)cc6c5C)nn4C)C(=O)C32C)c1O. The Morgan fingerprint density at radius 3 is 2.59 bits per heavy atom. The van der Waals surface area contributed by atoms with E-state index in [9.17, 15) is 24.3 Å². The van der Waals surface area contributed by atoms with Crippen LogP contribution in [-0.4, -0.2) is 57.1 Å². The number of aromatic nitrogens is 2. The molecule has 10 nitrogen and oxygen atoms in total. The highest BCUT2D eigenvalue weighted by molar-refractivity contribution is 7.22. The zero-order chi connectivity index (χ0) is 34.7. The molecule has 252 valence electrons. The van der Waals surface area contributed by atoms with Gasteiger partial charge in [0.05, 0.1) is 34.7 Å². The second kappa shape index (κ2) is 11.0. The lowest BCUT2D eigenvalue weighted by atomic mass is 9.51. The van der Waals surface area contributed by atoms with Crippen molar-refractivity contribution in [3.8, 4) is 22.1 Å². The smallest absolute Gasteiger partial charge is 0.242 e. The van der Waals surface area contributed by atoms with Crippen LogP contribution in [0.25, 0.3) is 20.7 Å². The van der Waals surface area contributed by atoms with Gasteiger partial charge in [-0.3, -0.25) is 28.8 Å². The number of anilines is 1. The molecule has 2 aliphatic heterocycles. The molecule has 2 aromatic heterocycles. The maximum atomic E-state index is 15.0. The first-order valence-corrected chi connectivity index (χ1v) is 17.6. The monoisotopic (exact) mass is 698 g/mol. The minimum Gasteiger partial charge on any atom is -0.504 e. The van der Waals surface area contributed by atoms with Crippen LogP contribution in [0.3, 0.4) is 0 Å². The molecule has 4 heterocycles. The highest BCUT2D eigenvalue weighted by Crippen LogP contribution is 2.64. The third kappa shape index (κ3) is 4.27. The molecule has 2 aromatic carbocycles. The number of benzene rings is 2. The lowest BCUT2D eigenvalue weighted by molar-refractivity contribution is -0.138. The Morgan fingerprint density at radius 2 is 1.84 bits per heavy atom. The van der Waals surface area contributed by atoms with Crippen LogP contribution in [0.2, 0.25) is 5.02 Å². The summed E-state index contributed by atoms with van der Waals surface area (Å²) in [7, 11) is 3.22. The summed E-state index contributed by atoms with van der Waals surface area (Å²) in [5, 5.41) is 18.0. The van der Waals surface area contributed by atoms with E-state index in [4.69, 9.17) is 21.4 Å². The van der Waals surface area contributed by atoms with Gasteiger partial charge in [-0.15, -0.1) is 11.3 Å². The Hall–Kier alpha value is -4.48. The second-order valence-corrected chi connectivity index (χ2v) is 15.2. The van der Waals surface area contributed by atoms with Gasteiger partial charge in [0, 0.05) is 41.4 Å². The predicted octanol–water partition coefficient (Wildman–Crippen LogP) is 6.23. The molecule has 2 aliphatic carbocycles. The number of nitrogens with zero attached hydrogens (tertiary/aromatic N) is 4. The molecule has 0 spiro atoms. The standard InChI is InChI=1S/C37H35ClN4O6S/c1-6-48-26-9-7-8-21(31(26)43)30-19-11-12-20-29(35(46)40(4)33(20)44)23(19)15-24-34(45)42(36(47)37(24,30)3)28-16-25(39-41(28)5)32-17(2)22-14-18(38)10-13-27(22)49-32/h7-11,13-14,16,20,23-24,29-30,43H,6,12,15H2,1-5H3. The maximum Gasteiger partial charge on any atom is 0.242 e. The van der Waals surface area contributed by atoms with Gasteiger partial charge in [-0.1, -0.05) is 35.4 Å². The number of fused-ring (bicyclic) bond motifs is 5. The van der Waals surface area contributed by atoms with Crippen molar-refractivity contribution in [3.63, 3.8) is 0 Å². The number of carbonyl (C=O) groups excluding carboxylic acids is 4. The molecular formula is C37H35ClN4O6S. The number of thiophene rings is 1. The van der Waals surface area contributed by atoms with Gasteiger partial charge in [-0.2, -0.15) is 5.10 Å². The maximum absolute atomic E-state index is 15.0. The van der Waals surface area contributed by atoms with Crippen LogP contribution < -0.4 is 9.64 Å². The second-order valence-electron chi connectivity index (χ2n) is 13.7. The molecule has 3 fully saturated rings. The van der Waals surface area contributed by atoms with Gasteiger partial charge in [0.2, 0.25) is 23.6 Å². The van der Waals surface area contributed by atoms with Crippen molar-refractivity contribution in [2.45, 2.75) is 39.5 Å². The van der Waals surface area contributed by atoms with Gasteiger partial charge >= 0.3 is 0 Å². The van der Waals surface area contributed by atoms with Crippen LogP contribution in [-0.2, 0) is 26.2 Å².